The molecule has 1 atom stereocenters. The number of carbonyl (C=O) groups excluding carboxylic acids is 3. The Morgan fingerprint density at radius 2 is 1.64 bits per heavy atom. The summed E-state index contributed by atoms with van der Waals surface area (Å²) >= 11 is 0. The molecule has 3 N–H and O–H groups in total. The number of halogens is 1. The van der Waals surface area contributed by atoms with Crippen LogP contribution in [0.15, 0.2) is 71.2 Å². The monoisotopic (exact) mass is 605 g/mol. The normalized spacial score (nSPS) is 17.6. The van der Waals surface area contributed by atoms with E-state index < -0.39 is 35.4 Å². The van der Waals surface area contributed by atoms with Gasteiger partial charge in [-0.3, -0.25) is 4.90 Å². The fourth-order valence-electron chi connectivity index (χ4n) is 5.47. The summed E-state index contributed by atoms with van der Waals surface area (Å²) in [5.41, 5.74) is 6.06. The standard InChI is InChI=1S/C32H36FN5O6/c1-32(2,3)44-31(41)36-20-14-16-37(17-15-20)23-13-9-12-22(33)26(23)38-27(30(40)43-5)25(29(39)42-4)24(21(18-34)28(38)35)19-10-7-6-8-11-19/h6-13,20,24H,14-17,35H2,1-5H3,(H,36,41). The van der Waals surface area contributed by atoms with Crippen LogP contribution in [0.5, 0.6) is 0 Å². The van der Waals surface area contributed by atoms with Gasteiger partial charge in [0.25, 0.3) is 0 Å². The number of esters is 2. The quantitative estimate of drug-likeness (QED) is 0.362. The summed E-state index contributed by atoms with van der Waals surface area (Å²) in [6.07, 6.45) is 0.522. The highest BCUT2D eigenvalue weighted by atomic mass is 19.1. The van der Waals surface area contributed by atoms with Crippen molar-refractivity contribution in [2.45, 2.75) is 51.2 Å². The average molecular weight is 606 g/mol. The molecular weight excluding hydrogens is 569 g/mol. The van der Waals surface area contributed by atoms with Gasteiger partial charge >= 0.3 is 18.0 Å². The molecular formula is C32H36FN5O6. The number of hydrogen-bond donors (Lipinski definition) is 2. The molecule has 232 valence electrons. The molecule has 2 aliphatic heterocycles. The Labute approximate surface area is 255 Å². The number of nitrogens with one attached hydrogen (secondary N) is 1. The Kier molecular flexibility index (Phi) is 9.47. The molecule has 1 amide bonds. The first-order valence-electron chi connectivity index (χ1n) is 14.1. The zero-order valence-corrected chi connectivity index (χ0v) is 25.3. The van der Waals surface area contributed by atoms with Gasteiger partial charge in [0.15, 0.2) is 0 Å². The van der Waals surface area contributed by atoms with E-state index >= 15 is 4.39 Å². The lowest BCUT2D eigenvalue weighted by atomic mass is 9.81. The molecule has 2 heterocycles. The number of nitrogens with zero attached hydrogens (tertiary/aromatic N) is 3. The number of nitrogens with two attached hydrogens (primary N) is 1. The second-order valence-corrected chi connectivity index (χ2v) is 11.4. The highest BCUT2D eigenvalue weighted by Crippen LogP contribution is 2.46. The van der Waals surface area contributed by atoms with Gasteiger partial charge in [-0.15, -0.1) is 0 Å². The number of carbonyl (C=O) groups is 3. The third kappa shape index (κ3) is 6.46. The van der Waals surface area contributed by atoms with Crippen molar-refractivity contribution in [3.05, 3.63) is 82.6 Å². The van der Waals surface area contributed by atoms with E-state index in [1.165, 1.54) is 12.1 Å². The van der Waals surface area contributed by atoms with Crippen molar-refractivity contribution in [2.24, 2.45) is 5.73 Å². The maximum atomic E-state index is 16.0. The van der Waals surface area contributed by atoms with Gasteiger partial charge in [0.05, 0.1) is 43.0 Å². The minimum absolute atomic E-state index is 0.0706. The summed E-state index contributed by atoms with van der Waals surface area (Å²) in [5, 5.41) is 13.2. The lowest BCUT2D eigenvalue weighted by Crippen LogP contribution is -2.47. The summed E-state index contributed by atoms with van der Waals surface area (Å²) in [6, 6.07) is 14.9. The number of hydrogen-bond acceptors (Lipinski definition) is 10. The molecule has 1 saturated heterocycles. The molecule has 0 saturated carbocycles. The number of ether oxygens (including phenoxy) is 3. The molecule has 0 radical (unpaired) electrons. The Balaban J connectivity index is 1.82. The molecule has 0 aromatic heterocycles. The molecule has 0 aliphatic carbocycles. The van der Waals surface area contributed by atoms with E-state index in [4.69, 9.17) is 19.9 Å². The number of rotatable bonds is 6. The van der Waals surface area contributed by atoms with E-state index in [2.05, 4.69) is 11.4 Å². The topological polar surface area (TPSA) is 147 Å². The Morgan fingerprint density at radius 1 is 1.00 bits per heavy atom. The van der Waals surface area contributed by atoms with Crippen LogP contribution in [-0.4, -0.2) is 57.0 Å². The van der Waals surface area contributed by atoms with Gasteiger partial charge in [0, 0.05) is 19.1 Å². The van der Waals surface area contributed by atoms with Crippen LogP contribution in [-0.2, 0) is 23.8 Å². The van der Waals surface area contributed by atoms with Crippen molar-refractivity contribution >= 4 is 29.4 Å². The summed E-state index contributed by atoms with van der Waals surface area (Å²) in [6.45, 7) is 6.16. The van der Waals surface area contributed by atoms with Crippen molar-refractivity contribution < 1.29 is 33.0 Å². The largest absolute Gasteiger partial charge is 0.466 e. The van der Waals surface area contributed by atoms with E-state index in [-0.39, 0.29) is 34.4 Å². The van der Waals surface area contributed by atoms with Crippen molar-refractivity contribution in [1.82, 2.24) is 5.32 Å². The van der Waals surface area contributed by atoms with Crippen LogP contribution in [0, 0.1) is 17.1 Å². The van der Waals surface area contributed by atoms with Gasteiger partial charge < -0.3 is 30.2 Å². The molecule has 2 aromatic carbocycles. The highest BCUT2D eigenvalue weighted by Gasteiger charge is 2.44. The number of methoxy groups -OCH3 is 2. The van der Waals surface area contributed by atoms with E-state index in [1.54, 1.807) is 57.2 Å². The van der Waals surface area contributed by atoms with Crippen molar-refractivity contribution in [3.8, 4) is 6.07 Å². The van der Waals surface area contributed by atoms with Crippen LogP contribution in [0.4, 0.5) is 20.6 Å². The zero-order valence-electron chi connectivity index (χ0n) is 25.3. The van der Waals surface area contributed by atoms with Crippen LogP contribution in [0.2, 0.25) is 0 Å². The Hall–Kier alpha value is -5.05. The van der Waals surface area contributed by atoms with Crippen molar-refractivity contribution in [2.75, 3.05) is 37.1 Å². The van der Waals surface area contributed by atoms with E-state index in [0.717, 1.165) is 19.1 Å². The van der Waals surface area contributed by atoms with Gasteiger partial charge in [0.2, 0.25) is 0 Å². The zero-order chi connectivity index (χ0) is 32.2. The first kappa shape index (κ1) is 31.9. The predicted molar refractivity (Wildman–Crippen MR) is 161 cm³/mol. The van der Waals surface area contributed by atoms with Crippen LogP contribution >= 0.6 is 0 Å². The molecule has 4 rings (SSSR count). The fourth-order valence-corrected chi connectivity index (χ4v) is 5.47. The number of amides is 1. The van der Waals surface area contributed by atoms with Crippen LogP contribution < -0.4 is 20.9 Å². The molecule has 2 aliphatic rings. The molecule has 11 nitrogen and oxygen atoms in total. The smallest absolute Gasteiger partial charge is 0.407 e. The van der Waals surface area contributed by atoms with E-state index in [1.807, 2.05) is 4.90 Å². The number of nitriles is 1. The lowest BCUT2D eigenvalue weighted by Gasteiger charge is -2.40. The van der Waals surface area contributed by atoms with E-state index in [0.29, 0.717) is 37.2 Å². The molecule has 12 heteroatoms. The molecule has 1 fully saturated rings. The highest BCUT2D eigenvalue weighted by molar-refractivity contribution is 6.07. The van der Waals surface area contributed by atoms with Crippen LogP contribution in [0.25, 0.3) is 0 Å². The van der Waals surface area contributed by atoms with Gasteiger partial charge in [-0.2, -0.15) is 5.26 Å². The summed E-state index contributed by atoms with van der Waals surface area (Å²) in [7, 11) is 2.28. The third-order valence-electron chi connectivity index (χ3n) is 7.36. The SMILES string of the molecule is COC(=O)C1=C(C(=O)OC)N(c2c(F)cccc2N2CCC(NC(=O)OC(C)(C)C)CC2)C(N)=C(C#N)C1c1ccccc1. The number of benzene rings is 2. The maximum absolute atomic E-state index is 16.0. The van der Waals surface area contributed by atoms with Crippen molar-refractivity contribution in [3.63, 3.8) is 0 Å². The summed E-state index contributed by atoms with van der Waals surface area (Å²) in [4.78, 5) is 42.1. The lowest BCUT2D eigenvalue weighted by molar-refractivity contribution is -0.139. The minimum Gasteiger partial charge on any atom is -0.466 e. The number of allylic oxidation sites excluding steroid dienone is 1. The predicted octanol–water partition coefficient (Wildman–Crippen LogP) is 4.22. The molecule has 44 heavy (non-hydrogen) atoms. The first-order chi connectivity index (χ1) is 20.9. The number of piperidine rings is 1. The van der Waals surface area contributed by atoms with Gasteiger partial charge in [-0.05, 0) is 51.3 Å². The second kappa shape index (κ2) is 13.1. The number of para-hydroxylation sites is 1. The summed E-state index contributed by atoms with van der Waals surface area (Å²) in [5.74, 6) is -3.94. The Morgan fingerprint density at radius 3 is 2.20 bits per heavy atom. The number of anilines is 2. The number of alkyl carbamates (subject to hydrolysis) is 1. The molecule has 0 bridgehead atoms. The molecule has 0 spiro atoms. The minimum atomic E-state index is -1.08. The Bertz CT molecular complexity index is 1530. The van der Waals surface area contributed by atoms with Gasteiger partial charge in [-0.25, -0.2) is 18.8 Å². The molecule has 2 aromatic rings. The van der Waals surface area contributed by atoms with Crippen LogP contribution in [0.3, 0.4) is 0 Å². The fraction of sp³-hybridized carbons (Fsp3) is 0.375. The second-order valence-electron chi connectivity index (χ2n) is 11.4. The van der Waals surface area contributed by atoms with Crippen LogP contribution in [0.1, 0.15) is 45.1 Å². The molecule has 1 unspecified atom stereocenters. The summed E-state index contributed by atoms with van der Waals surface area (Å²) < 4.78 is 31.5. The maximum Gasteiger partial charge on any atom is 0.407 e. The van der Waals surface area contributed by atoms with Crippen molar-refractivity contribution in [1.29, 1.82) is 5.26 Å². The van der Waals surface area contributed by atoms with Gasteiger partial charge in [0.1, 0.15) is 28.6 Å². The van der Waals surface area contributed by atoms with Gasteiger partial charge in [-0.1, -0.05) is 36.4 Å². The average Bonchev–Trinajstić information content (AvgIpc) is 2.99. The van der Waals surface area contributed by atoms with E-state index in [9.17, 15) is 19.6 Å². The third-order valence-corrected chi connectivity index (χ3v) is 7.36. The first-order valence-corrected chi connectivity index (χ1v) is 14.1.